The minimum absolute atomic E-state index is 0.658. The average molecular weight is 476 g/mol. The van der Waals surface area contributed by atoms with E-state index in [0.29, 0.717) is 6.54 Å². The van der Waals surface area contributed by atoms with Gasteiger partial charge in [-0.1, -0.05) is 66.3 Å². The van der Waals surface area contributed by atoms with E-state index in [2.05, 4.69) is 41.6 Å². The molecular weight excluding hydrogens is 450 g/mol. The summed E-state index contributed by atoms with van der Waals surface area (Å²) in [5.74, 6) is 0.209. The average Bonchev–Trinajstić information content (AvgIpc) is 3.35. The zero-order valence-electron chi connectivity index (χ0n) is 18.8. The smallest absolute Gasteiger partial charge is 0.335 e. The molecule has 1 aliphatic rings. The van der Waals surface area contributed by atoms with Gasteiger partial charge in [-0.3, -0.25) is 0 Å². The zero-order valence-corrected chi connectivity index (χ0v) is 20.5. The molecule has 5 rings (SSSR count). The Morgan fingerprint density at radius 1 is 1.06 bits per heavy atom. The number of hydrogen-bond acceptors (Lipinski definition) is 5. The third-order valence-corrected chi connectivity index (χ3v) is 9.12. The van der Waals surface area contributed by atoms with Crippen LogP contribution in [-0.2, 0) is 21.8 Å². The Hall–Kier alpha value is -2.77. The minimum atomic E-state index is -1.07. The number of hydrogen-bond donors (Lipinski definition) is 1. The van der Waals surface area contributed by atoms with E-state index in [1.165, 1.54) is 23.5 Å². The second-order valence-corrected chi connectivity index (χ2v) is 11.2. The lowest BCUT2D eigenvalue weighted by molar-refractivity contribution is -0.137. The number of thioether (sulfide) groups is 2. The summed E-state index contributed by atoms with van der Waals surface area (Å²) in [7, 11) is 0. The third kappa shape index (κ3) is 3.83. The summed E-state index contributed by atoms with van der Waals surface area (Å²) in [5.41, 5.74) is 6.02. The molecule has 0 spiro atoms. The van der Waals surface area contributed by atoms with Crippen LogP contribution in [0.15, 0.2) is 64.5 Å². The van der Waals surface area contributed by atoms with Crippen LogP contribution in [0.1, 0.15) is 41.4 Å². The van der Waals surface area contributed by atoms with E-state index in [4.69, 9.17) is 4.98 Å². The quantitative estimate of drug-likeness (QED) is 0.359. The van der Waals surface area contributed by atoms with Crippen molar-refractivity contribution < 1.29 is 9.90 Å². The van der Waals surface area contributed by atoms with Crippen LogP contribution >= 0.6 is 23.5 Å². The number of fused-ring (bicyclic) bond motifs is 2. The number of benzene rings is 2. The van der Waals surface area contributed by atoms with Gasteiger partial charge in [0.15, 0.2) is 9.73 Å². The molecule has 33 heavy (non-hydrogen) atoms. The number of carbonyl (C=O) groups is 1. The monoisotopic (exact) mass is 475 g/mol. The van der Waals surface area contributed by atoms with Gasteiger partial charge in [0.25, 0.3) is 0 Å². The molecule has 168 valence electrons. The second-order valence-electron chi connectivity index (χ2n) is 8.44. The highest BCUT2D eigenvalue weighted by Crippen LogP contribution is 2.61. The van der Waals surface area contributed by atoms with Gasteiger partial charge >= 0.3 is 5.97 Å². The molecule has 0 amide bonds. The molecule has 2 aromatic carbocycles. The Bertz CT molecular complexity index is 1360. The molecule has 1 N–H and O–H groups in total. The Kier molecular flexibility index (Phi) is 5.70. The molecular formula is C26H25N3O2S2. The van der Waals surface area contributed by atoms with E-state index in [-0.39, 0.29) is 0 Å². The van der Waals surface area contributed by atoms with Crippen LogP contribution in [0.4, 0.5) is 0 Å². The van der Waals surface area contributed by atoms with Gasteiger partial charge < -0.3 is 9.67 Å². The molecule has 5 nitrogen and oxygen atoms in total. The van der Waals surface area contributed by atoms with E-state index in [1.54, 1.807) is 0 Å². The number of aryl methyl sites for hydroxylation is 3. The van der Waals surface area contributed by atoms with Crippen LogP contribution in [0.5, 0.6) is 0 Å². The van der Waals surface area contributed by atoms with Crippen molar-refractivity contribution in [2.45, 2.75) is 54.0 Å². The van der Waals surface area contributed by atoms with Crippen molar-refractivity contribution in [2.75, 3.05) is 0 Å². The molecule has 0 bridgehead atoms. The summed E-state index contributed by atoms with van der Waals surface area (Å²) in [5, 5.41) is 10.2. The number of carboxylic acids is 1. The Morgan fingerprint density at radius 3 is 2.55 bits per heavy atom. The topological polar surface area (TPSA) is 68.0 Å². The van der Waals surface area contributed by atoms with Crippen LogP contribution in [-0.4, -0.2) is 25.6 Å². The first-order chi connectivity index (χ1) is 15.9. The van der Waals surface area contributed by atoms with Gasteiger partial charge in [0.2, 0.25) is 0 Å². The van der Waals surface area contributed by atoms with Crippen molar-refractivity contribution in [2.24, 2.45) is 0 Å². The Labute approximate surface area is 201 Å². The predicted molar refractivity (Wildman–Crippen MR) is 134 cm³/mol. The van der Waals surface area contributed by atoms with E-state index < -0.39 is 10.0 Å². The molecule has 1 unspecified atom stereocenters. The van der Waals surface area contributed by atoms with E-state index in [1.807, 2.05) is 43.5 Å². The van der Waals surface area contributed by atoms with Crippen molar-refractivity contribution in [1.29, 1.82) is 0 Å². The van der Waals surface area contributed by atoms with Gasteiger partial charge in [0, 0.05) is 22.4 Å². The standard InChI is InChI=1S/C26H25N3O2S2/c1-4-5-22-28-23-17(3)12-13-27-24(23)29(22)15-18-8-11-20-21(14-18)33-26(32-20,25(30)31)19-9-6-16(2)7-10-19/h6-14H,4-5,15H2,1-3H3,(H,30,31). The lowest BCUT2D eigenvalue weighted by Crippen LogP contribution is -2.26. The Balaban J connectivity index is 1.51. The van der Waals surface area contributed by atoms with Crippen LogP contribution in [0, 0.1) is 13.8 Å². The maximum atomic E-state index is 12.5. The first-order valence-corrected chi connectivity index (χ1v) is 12.7. The molecule has 0 fully saturated rings. The SMILES string of the molecule is CCCc1nc2c(C)ccnc2n1Cc1ccc2c(c1)SC(C(=O)O)(c1ccc(C)cc1)S2. The normalized spacial score (nSPS) is 17.4. The molecule has 0 saturated heterocycles. The fourth-order valence-corrected chi connectivity index (χ4v) is 7.13. The van der Waals surface area contributed by atoms with Crippen LogP contribution < -0.4 is 0 Å². The number of rotatable bonds is 6. The van der Waals surface area contributed by atoms with Crippen molar-refractivity contribution in [3.8, 4) is 0 Å². The molecule has 1 atom stereocenters. The van der Waals surface area contributed by atoms with Crippen molar-refractivity contribution in [1.82, 2.24) is 14.5 Å². The zero-order chi connectivity index (χ0) is 23.2. The maximum Gasteiger partial charge on any atom is 0.335 e. The fraction of sp³-hybridized carbons (Fsp3) is 0.269. The fourth-order valence-electron chi connectivity index (χ4n) is 4.19. The van der Waals surface area contributed by atoms with E-state index >= 15 is 0 Å². The van der Waals surface area contributed by atoms with Gasteiger partial charge in [-0.05, 0) is 55.2 Å². The predicted octanol–water partition coefficient (Wildman–Crippen LogP) is 6.18. The number of carboxylic acid groups (broad SMARTS) is 1. The first-order valence-electron chi connectivity index (χ1n) is 11.0. The molecule has 0 aliphatic carbocycles. The molecule has 0 saturated carbocycles. The van der Waals surface area contributed by atoms with Crippen molar-refractivity contribution in [3.05, 3.63) is 82.8 Å². The minimum Gasteiger partial charge on any atom is -0.479 e. The summed E-state index contributed by atoms with van der Waals surface area (Å²) in [6, 6.07) is 16.1. The van der Waals surface area contributed by atoms with Crippen LogP contribution in [0.25, 0.3) is 11.2 Å². The number of nitrogens with zero attached hydrogens (tertiary/aromatic N) is 3. The summed E-state index contributed by atoms with van der Waals surface area (Å²) in [6.07, 6.45) is 3.74. The summed E-state index contributed by atoms with van der Waals surface area (Å²) in [6.45, 7) is 6.89. The summed E-state index contributed by atoms with van der Waals surface area (Å²) >= 11 is 2.84. The highest BCUT2D eigenvalue weighted by Gasteiger charge is 2.48. The second kappa shape index (κ2) is 8.54. The lowest BCUT2D eigenvalue weighted by Gasteiger charge is -2.22. The Morgan fingerprint density at radius 2 is 1.82 bits per heavy atom. The van der Waals surface area contributed by atoms with Gasteiger partial charge in [-0.2, -0.15) is 0 Å². The van der Waals surface area contributed by atoms with E-state index in [9.17, 15) is 9.90 Å². The number of imidazole rings is 1. The maximum absolute atomic E-state index is 12.5. The lowest BCUT2D eigenvalue weighted by atomic mass is 10.1. The highest BCUT2D eigenvalue weighted by molar-refractivity contribution is 8.21. The molecule has 2 aromatic heterocycles. The third-order valence-electron chi connectivity index (χ3n) is 5.96. The van der Waals surface area contributed by atoms with Gasteiger partial charge in [-0.15, -0.1) is 0 Å². The van der Waals surface area contributed by atoms with Crippen LogP contribution in [0.3, 0.4) is 0 Å². The summed E-state index contributed by atoms with van der Waals surface area (Å²) < 4.78 is 1.13. The largest absolute Gasteiger partial charge is 0.479 e. The molecule has 7 heteroatoms. The number of aromatic nitrogens is 3. The van der Waals surface area contributed by atoms with Crippen molar-refractivity contribution >= 4 is 40.7 Å². The summed E-state index contributed by atoms with van der Waals surface area (Å²) in [4.78, 5) is 24.0. The highest BCUT2D eigenvalue weighted by atomic mass is 32.2. The van der Waals surface area contributed by atoms with Crippen LogP contribution in [0.2, 0.25) is 0 Å². The molecule has 0 radical (unpaired) electrons. The molecule has 3 heterocycles. The van der Waals surface area contributed by atoms with Gasteiger partial charge in [0.1, 0.15) is 11.3 Å². The van der Waals surface area contributed by atoms with E-state index in [0.717, 1.165) is 61.9 Å². The number of aliphatic carboxylic acids is 1. The molecule has 1 aliphatic heterocycles. The molecule has 4 aromatic rings. The number of pyridine rings is 1. The first kappa shape index (κ1) is 22.0. The van der Waals surface area contributed by atoms with Gasteiger partial charge in [-0.25, -0.2) is 14.8 Å². The van der Waals surface area contributed by atoms with Crippen molar-refractivity contribution in [3.63, 3.8) is 0 Å². The van der Waals surface area contributed by atoms with Gasteiger partial charge in [0.05, 0.1) is 6.54 Å².